The number of ether oxygens (including phenoxy) is 1. The van der Waals surface area contributed by atoms with Crippen molar-refractivity contribution >= 4 is 17.3 Å². The number of anilines is 1. The zero-order chi connectivity index (χ0) is 24.9. The van der Waals surface area contributed by atoms with E-state index in [2.05, 4.69) is 22.4 Å². The molecule has 2 heterocycles. The van der Waals surface area contributed by atoms with Gasteiger partial charge in [-0.05, 0) is 55.7 Å². The van der Waals surface area contributed by atoms with Gasteiger partial charge in [0, 0.05) is 5.56 Å². The first-order chi connectivity index (χ1) is 16.8. The zero-order valence-electron chi connectivity index (χ0n) is 19.8. The van der Waals surface area contributed by atoms with E-state index in [-0.39, 0.29) is 18.3 Å². The second kappa shape index (κ2) is 10.2. The molecule has 180 valence electrons. The topological polar surface area (TPSA) is 117 Å². The zero-order valence-corrected chi connectivity index (χ0v) is 19.8. The van der Waals surface area contributed by atoms with E-state index in [1.807, 2.05) is 24.3 Å². The summed E-state index contributed by atoms with van der Waals surface area (Å²) in [6.45, 7) is 5.99. The van der Waals surface area contributed by atoms with Gasteiger partial charge in [-0.2, -0.15) is 10.2 Å². The smallest absolute Gasteiger partial charge is 0.312 e. The van der Waals surface area contributed by atoms with Crippen molar-refractivity contribution in [1.29, 1.82) is 0 Å². The molecule has 1 N–H and O–H groups in total. The molecule has 10 nitrogen and oxygen atoms in total. The Morgan fingerprint density at radius 2 is 1.77 bits per heavy atom. The molecule has 0 saturated carbocycles. The largest absolute Gasteiger partial charge is 0.471 e. The summed E-state index contributed by atoms with van der Waals surface area (Å²) in [5, 5.41) is 22.5. The Kier molecular flexibility index (Phi) is 6.91. The second-order valence-electron chi connectivity index (χ2n) is 8.12. The number of benzene rings is 2. The Morgan fingerprint density at radius 1 is 1.09 bits per heavy atom. The molecule has 0 radical (unpaired) electrons. The van der Waals surface area contributed by atoms with E-state index in [9.17, 15) is 14.9 Å². The van der Waals surface area contributed by atoms with Crippen LogP contribution in [0.15, 0.2) is 60.9 Å². The molecule has 0 aliphatic rings. The number of amides is 1. The lowest BCUT2D eigenvalue weighted by atomic mass is 10.1. The van der Waals surface area contributed by atoms with Gasteiger partial charge < -0.3 is 10.1 Å². The van der Waals surface area contributed by atoms with Crippen molar-refractivity contribution in [3.05, 3.63) is 99.1 Å². The number of carbonyl (C=O) groups is 1. The number of nitrogens with zero attached hydrogens (tertiary/aromatic N) is 5. The van der Waals surface area contributed by atoms with Crippen LogP contribution in [0.4, 0.5) is 11.4 Å². The molecule has 0 aliphatic heterocycles. The highest BCUT2D eigenvalue weighted by molar-refractivity contribution is 6.04. The number of rotatable bonds is 9. The van der Waals surface area contributed by atoms with E-state index in [1.54, 1.807) is 59.9 Å². The third-order valence-electron chi connectivity index (χ3n) is 5.66. The highest BCUT2D eigenvalue weighted by Crippen LogP contribution is 2.22. The van der Waals surface area contributed by atoms with Gasteiger partial charge >= 0.3 is 5.69 Å². The van der Waals surface area contributed by atoms with Crippen LogP contribution in [-0.4, -0.2) is 30.4 Å². The highest BCUT2D eigenvalue weighted by Gasteiger charge is 2.21. The SMILES string of the molecule is CCc1ccc(OCn2cc(NC(=O)c3ccc(Cn4nc(C)c([N+](=O)[O-])c4C)cc3)cn2)cc1. The second-order valence-corrected chi connectivity index (χ2v) is 8.12. The number of carbonyl (C=O) groups excluding carboxylic acids is 1. The Labute approximate surface area is 202 Å². The molecule has 4 rings (SSSR count). The van der Waals surface area contributed by atoms with Gasteiger partial charge in [0.15, 0.2) is 6.73 Å². The minimum absolute atomic E-state index is 0.0290. The maximum Gasteiger partial charge on any atom is 0.312 e. The van der Waals surface area contributed by atoms with Crippen LogP contribution < -0.4 is 10.1 Å². The van der Waals surface area contributed by atoms with Crippen LogP contribution in [0.5, 0.6) is 5.75 Å². The first-order valence-electron chi connectivity index (χ1n) is 11.2. The quantitative estimate of drug-likeness (QED) is 0.282. The fraction of sp³-hybridized carbons (Fsp3) is 0.240. The maximum absolute atomic E-state index is 12.6. The van der Waals surface area contributed by atoms with E-state index < -0.39 is 4.92 Å². The Balaban J connectivity index is 1.33. The number of hydrogen-bond acceptors (Lipinski definition) is 6. The average molecular weight is 475 g/mol. The summed E-state index contributed by atoms with van der Waals surface area (Å²) in [4.78, 5) is 23.4. The van der Waals surface area contributed by atoms with Gasteiger partial charge in [-0.15, -0.1) is 0 Å². The third-order valence-corrected chi connectivity index (χ3v) is 5.66. The Hall–Kier alpha value is -4.47. The van der Waals surface area contributed by atoms with E-state index in [4.69, 9.17) is 4.74 Å². The molecule has 0 fully saturated rings. The fourth-order valence-electron chi connectivity index (χ4n) is 3.70. The van der Waals surface area contributed by atoms with Crippen LogP contribution >= 0.6 is 0 Å². The van der Waals surface area contributed by atoms with Crippen LogP contribution in [0.25, 0.3) is 0 Å². The van der Waals surface area contributed by atoms with Gasteiger partial charge in [-0.3, -0.25) is 19.6 Å². The van der Waals surface area contributed by atoms with Gasteiger partial charge in [-0.25, -0.2) is 4.68 Å². The van der Waals surface area contributed by atoms with Crippen molar-refractivity contribution in [2.45, 2.75) is 40.5 Å². The molecule has 0 bridgehead atoms. The summed E-state index contributed by atoms with van der Waals surface area (Å²) in [6.07, 6.45) is 4.23. The van der Waals surface area contributed by atoms with Crippen LogP contribution in [-0.2, 0) is 19.7 Å². The van der Waals surface area contributed by atoms with Crippen molar-refractivity contribution in [1.82, 2.24) is 19.6 Å². The summed E-state index contributed by atoms with van der Waals surface area (Å²) in [7, 11) is 0. The summed E-state index contributed by atoms with van der Waals surface area (Å²) in [5.74, 6) is 0.479. The number of hydrogen-bond donors (Lipinski definition) is 1. The van der Waals surface area contributed by atoms with E-state index in [1.165, 1.54) is 5.56 Å². The van der Waals surface area contributed by atoms with Crippen molar-refractivity contribution in [2.24, 2.45) is 0 Å². The maximum atomic E-state index is 12.6. The lowest BCUT2D eigenvalue weighted by Crippen LogP contribution is -2.12. The molecule has 0 spiro atoms. The Morgan fingerprint density at radius 3 is 2.40 bits per heavy atom. The molecule has 0 atom stereocenters. The molecule has 35 heavy (non-hydrogen) atoms. The van der Waals surface area contributed by atoms with Gasteiger partial charge in [0.25, 0.3) is 5.91 Å². The van der Waals surface area contributed by atoms with E-state index in [0.29, 0.717) is 29.2 Å². The number of aromatic nitrogens is 4. The number of nitrogens with one attached hydrogen (secondary N) is 1. The highest BCUT2D eigenvalue weighted by atomic mass is 16.6. The lowest BCUT2D eigenvalue weighted by molar-refractivity contribution is -0.386. The van der Waals surface area contributed by atoms with Gasteiger partial charge in [0.05, 0.1) is 29.5 Å². The van der Waals surface area contributed by atoms with Crippen molar-refractivity contribution in [3.63, 3.8) is 0 Å². The first-order valence-corrected chi connectivity index (χ1v) is 11.2. The molecule has 0 saturated heterocycles. The molecular weight excluding hydrogens is 448 g/mol. The monoisotopic (exact) mass is 474 g/mol. The molecule has 2 aromatic carbocycles. The molecule has 0 unspecified atom stereocenters. The van der Waals surface area contributed by atoms with Crippen LogP contribution in [0.1, 0.15) is 39.8 Å². The summed E-state index contributed by atoms with van der Waals surface area (Å²) in [6, 6.07) is 14.9. The van der Waals surface area contributed by atoms with Gasteiger partial charge in [0.2, 0.25) is 0 Å². The molecule has 10 heteroatoms. The molecule has 0 aliphatic carbocycles. The van der Waals surface area contributed by atoms with Crippen LogP contribution in [0.2, 0.25) is 0 Å². The minimum atomic E-state index is -0.417. The third kappa shape index (κ3) is 5.55. The van der Waals surface area contributed by atoms with Crippen molar-refractivity contribution < 1.29 is 14.5 Å². The average Bonchev–Trinajstić information content (AvgIpc) is 3.41. The lowest BCUT2D eigenvalue weighted by Gasteiger charge is -2.07. The fourth-order valence-corrected chi connectivity index (χ4v) is 3.70. The van der Waals surface area contributed by atoms with Crippen LogP contribution in [0, 0.1) is 24.0 Å². The molecule has 4 aromatic rings. The summed E-state index contributed by atoms with van der Waals surface area (Å²) < 4.78 is 8.92. The normalized spacial score (nSPS) is 10.8. The Bertz CT molecular complexity index is 1340. The molecular formula is C25H26N6O4. The van der Waals surface area contributed by atoms with E-state index >= 15 is 0 Å². The standard InChI is InChI=1S/C25H26N6O4/c1-4-19-7-11-23(12-8-19)35-16-29-15-22(13-26-29)27-25(32)21-9-5-20(6-10-21)14-30-18(3)24(31(33)34)17(2)28-30/h5-13,15H,4,14,16H2,1-3H3,(H,27,32). The van der Waals surface area contributed by atoms with Gasteiger partial charge in [-0.1, -0.05) is 31.2 Å². The number of aryl methyl sites for hydroxylation is 2. The van der Waals surface area contributed by atoms with Crippen LogP contribution in [0.3, 0.4) is 0 Å². The number of nitro groups is 1. The predicted octanol–water partition coefficient (Wildman–Crippen LogP) is 4.50. The predicted molar refractivity (Wildman–Crippen MR) is 131 cm³/mol. The summed E-state index contributed by atoms with van der Waals surface area (Å²) >= 11 is 0. The van der Waals surface area contributed by atoms with Gasteiger partial charge in [0.1, 0.15) is 17.1 Å². The molecule has 1 amide bonds. The van der Waals surface area contributed by atoms with Crippen molar-refractivity contribution in [3.8, 4) is 5.75 Å². The van der Waals surface area contributed by atoms with E-state index in [0.717, 1.165) is 17.7 Å². The first kappa shape index (κ1) is 23.7. The minimum Gasteiger partial charge on any atom is -0.471 e. The summed E-state index contributed by atoms with van der Waals surface area (Å²) in [5.41, 5.74) is 4.05. The van der Waals surface area contributed by atoms with Crippen molar-refractivity contribution in [2.75, 3.05) is 5.32 Å². The molecule has 2 aromatic heterocycles.